The quantitative estimate of drug-likeness (QED) is 0.733. The normalized spacial score (nSPS) is 51.8. The second-order valence-corrected chi connectivity index (χ2v) is 10.9. The van der Waals surface area contributed by atoms with E-state index in [1.807, 2.05) is 0 Å². The standard InChI is InChI=1S/C23H38O3/c1-14(12-21(25)26)18-6-7-19-17-5-4-15-13-16(24)8-10-22(15,2)20(17)9-11-23(18,19)3/h14-20,24H,4-13H2,1-3H3,(H,25,26)/t14-,15-,16-,17+,18-,19+,20+,22+,23-/m1/s1. The van der Waals surface area contributed by atoms with Crippen LogP contribution in [0.5, 0.6) is 0 Å². The van der Waals surface area contributed by atoms with Crippen LogP contribution < -0.4 is 0 Å². The van der Waals surface area contributed by atoms with Crippen LogP contribution in [-0.2, 0) is 4.79 Å². The molecule has 26 heavy (non-hydrogen) atoms. The average Bonchev–Trinajstić information content (AvgIpc) is 2.92. The maximum Gasteiger partial charge on any atom is 0.303 e. The van der Waals surface area contributed by atoms with Crippen LogP contribution >= 0.6 is 0 Å². The lowest BCUT2D eigenvalue weighted by molar-refractivity contribution is -0.141. The Morgan fingerprint density at radius 2 is 1.69 bits per heavy atom. The average molecular weight is 363 g/mol. The Kier molecular flexibility index (Phi) is 4.69. The fourth-order valence-corrected chi connectivity index (χ4v) is 8.63. The van der Waals surface area contributed by atoms with Crippen molar-refractivity contribution in [3.63, 3.8) is 0 Å². The van der Waals surface area contributed by atoms with E-state index >= 15 is 0 Å². The summed E-state index contributed by atoms with van der Waals surface area (Å²) in [7, 11) is 0. The fraction of sp³-hybridized carbons (Fsp3) is 0.957. The van der Waals surface area contributed by atoms with E-state index in [0.29, 0.717) is 29.1 Å². The Balaban J connectivity index is 1.55. The maximum absolute atomic E-state index is 11.3. The molecule has 4 aliphatic rings. The molecule has 0 radical (unpaired) electrons. The smallest absolute Gasteiger partial charge is 0.303 e. The van der Waals surface area contributed by atoms with Crippen LogP contribution in [0.2, 0.25) is 0 Å². The molecule has 148 valence electrons. The third kappa shape index (κ3) is 2.75. The molecule has 0 aromatic carbocycles. The molecule has 0 bridgehead atoms. The van der Waals surface area contributed by atoms with Crippen LogP contribution in [0.15, 0.2) is 0 Å². The Bertz CT molecular complexity index is 560. The van der Waals surface area contributed by atoms with Crippen molar-refractivity contribution >= 4 is 5.97 Å². The molecule has 4 aliphatic carbocycles. The molecule has 0 unspecified atom stereocenters. The van der Waals surface area contributed by atoms with Gasteiger partial charge in [0.2, 0.25) is 0 Å². The van der Waals surface area contributed by atoms with Gasteiger partial charge in [0, 0.05) is 6.42 Å². The summed E-state index contributed by atoms with van der Waals surface area (Å²) < 4.78 is 0. The molecule has 0 saturated heterocycles. The van der Waals surface area contributed by atoms with E-state index in [-0.39, 0.29) is 6.10 Å². The van der Waals surface area contributed by atoms with Crippen molar-refractivity contribution in [2.24, 2.45) is 46.3 Å². The van der Waals surface area contributed by atoms with E-state index in [1.165, 1.54) is 44.9 Å². The summed E-state index contributed by atoms with van der Waals surface area (Å²) in [6.45, 7) is 7.23. The van der Waals surface area contributed by atoms with E-state index < -0.39 is 5.97 Å². The van der Waals surface area contributed by atoms with Gasteiger partial charge >= 0.3 is 5.97 Å². The molecule has 0 heterocycles. The summed E-state index contributed by atoms with van der Waals surface area (Å²) in [5.41, 5.74) is 0.793. The van der Waals surface area contributed by atoms with E-state index in [2.05, 4.69) is 20.8 Å². The molecule has 4 saturated carbocycles. The first-order valence-corrected chi connectivity index (χ1v) is 11.2. The first-order chi connectivity index (χ1) is 12.3. The van der Waals surface area contributed by atoms with Crippen molar-refractivity contribution in [1.29, 1.82) is 0 Å². The van der Waals surface area contributed by atoms with Gasteiger partial charge in [0.25, 0.3) is 0 Å². The predicted molar refractivity (Wildman–Crippen MR) is 103 cm³/mol. The first-order valence-electron chi connectivity index (χ1n) is 11.2. The number of carboxylic acids is 1. The van der Waals surface area contributed by atoms with Gasteiger partial charge in [-0.15, -0.1) is 0 Å². The lowest BCUT2D eigenvalue weighted by Crippen LogP contribution is -2.54. The second-order valence-electron chi connectivity index (χ2n) is 10.9. The number of hydrogen-bond donors (Lipinski definition) is 2. The minimum Gasteiger partial charge on any atom is -0.481 e. The molecule has 3 heteroatoms. The topological polar surface area (TPSA) is 57.5 Å². The first kappa shape index (κ1) is 18.8. The number of rotatable bonds is 3. The molecule has 0 spiro atoms. The number of aliphatic carboxylic acids is 1. The van der Waals surface area contributed by atoms with Gasteiger partial charge in [0.05, 0.1) is 6.10 Å². The van der Waals surface area contributed by atoms with Gasteiger partial charge in [-0.1, -0.05) is 20.8 Å². The number of carboxylic acid groups (broad SMARTS) is 1. The summed E-state index contributed by atoms with van der Waals surface area (Å²) in [5.74, 6) is 3.45. The Morgan fingerprint density at radius 1 is 1.00 bits per heavy atom. The van der Waals surface area contributed by atoms with Crippen molar-refractivity contribution < 1.29 is 15.0 Å². The third-order valence-electron chi connectivity index (χ3n) is 9.89. The molecular formula is C23H38O3. The summed E-state index contributed by atoms with van der Waals surface area (Å²) in [5, 5.41) is 19.4. The van der Waals surface area contributed by atoms with Crippen molar-refractivity contribution in [2.45, 2.75) is 91.1 Å². The highest BCUT2D eigenvalue weighted by atomic mass is 16.4. The highest BCUT2D eigenvalue weighted by molar-refractivity contribution is 5.67. The van der Waals surface area contributed by atoms with Gasteiger partial charge in [-0.05, 0) is 104 Å². The number of hydrogen-bond acceptors (Lipinski definition) is 2. The molecule has 9 atom stereocenters. The fourth-order valence-electron chi connectivity index (χ4n) is 8.63. The van der Waals surface area contributed by atoms with Crippen LogP contribution in [0.4, 0.5) is 0 Å². The zero-order chi connectivity index (χ0) is 18.7. The Hall–Kier alpha value is -0.570. The third-order valence-corrected chi connectivity index (χ3v) is 9.89. The largest absolute Gasteiger partial charge is 0.481 e. The molecule has 4 rings (SSSR count). The summed E-state index contributed by atoms with van der Waals surface area (Å²) in [4.78, 5) is 11.3. The van der Waals surface area contributed by atoms with Gasteiger partial charge in [-0.3, -0.25) is 4.79 Å². The minimum atomic E-state index is -0.632. The lowest BCUT2D eigenvalue weighted by atomic mass is 9.44. The highest BCUT2D eigenvalue weighted by Crippen LogP contribution is 2.68. The van der Waals surface area contributed by atoms with Crippen molar-refractivity contribution in [1.82, 2.24) is 0 Å². The second kappa shape index (κ2) is 6.50. The van der Waals surface area contributed by atoms with E-state index in [9.17, 15) is 15.0 Å². The molecule has 3 nitrogen and oxygen atoms in total. The van der Waals surface area contributed by atoms with Crippen LogP contribution in [-0.4, -0.2) is 22.3 Å². The van der Waals surface area contributed by atoms with E-state index in [1.54, 1.807) is 0 Å². The van der Waals surface area contributed by atoms with Gasteiger partial charge in [0.1, 0.15) is 0 Å². The Morgan fingerprint density at radius 3 is 2.42 bits per heavy atom. The number of aliphatic hydroxyl groups is 1. The SMILES string of the molecule is C[C@H](CC(=O)O)[C@H]1CC[C@H]2[C@@H]3CC[C@@H]4C[C@H](O)CC[C@]4(C)[C@H]3CC[C@]12C. The molecule has 0 aromatic rings. The minimum absolute atomic E-state index is 0.0637. The number of fused-ring (bicyclic) bond motifs is 5. The van der Waals surface area contributed by atoms with Gasteiger partial charge < -0.3 is 10.2 Å². The van der Waals surface area contributed by atoms with Gasteiger partial charge in [-0.25, -0.2) is 0 Å². The van der Waals surface area contributed by atoms with Gasteiger partial charge in [-0.2, -0.15) is 0 Å². The van der Waals surface area contributed by atoms with Gasteiger partial charge in [0.15, 0.2) is 0 Å². The number of aliphatic hydroxyl groups excluding tert-OH is 1. The zero-order valence-electron chi connectivity index (χ0n) is 16.9. The molecule has 0 amide bonds. The van der Waals surface area contributed by atoms with Crippen molar-refractivity contribution in [2.75, 3.05) is 0 Å². The monoisotopic (exact) mass is 362 g/mol. The maximum atomic E-state index is 11.3. The van der Waals surface area contributed by atoms with Crippen molar-refractivity contribution in [3.05, 3.63) is 0 Å². The lowest BCUT2D eigenvalue weighted by Gasteiger charge is -2.61. The summed E-state index contributed by atoms with van der Waals surface area (Å²) in [6, 6.07) is 0. The molecular weight excluding hydrogens is 324 g/mol. The molecule has 4 fully saturated rings. The van der Waals surface area contributed by atoms with Crippen LogP contribution in [0, 0.1) is 46.3 Å². The predicted octanol–water partition coefficient (Wildman–Crippen LogP) is 5.12. The Labute approximate surface area is 158 Å². The highest BCUT2D eigenvalue weighted by Gasteiger charge is 2.60. The van der Waals surface area contributed by atoms with E-state index in [4.69, 9.17) is 0 Å². The summed E-state index contributed by atoms with van der Waals surface area (Å²) in [6.07, 6.45) is 11.3. The van der Waals surface area contributed by atoms with Crippen LogP contribution in [0.25, 0.3) is 0 Å². The summed E-state index contributed by atoms with van der Waals surface area (Å²) >= 11 is 0. The van der Waals surface area contributed by atoms with Crippen LogP contribution in [0.3, 0.4) is 0 Å². The molecule has 2 N–H and O–H groups in total. The van der Waals surface area contributed by atoms with Crippen LogP contribution in [0.1, 0.15) is 85.0 Å². The van der Waals surface area contributed by atoms with Crippen molar-refractivity contribution in [3.8, 4) is 0 Å². The number of carbonyl (C=O) groups is 1. The van der Waals surface area contributed by atoms with E-state index in [0.717, 1.165) is 36.5 Å². The molecule has 0 aliphatic heterocycles. The zero-order valence-corrected chi connectivity index (χ0v) is 16.9. The molecule has 0 aromatic heterocycles.